The van der Waals surface area contributed by atoms with Crippen LogP contribution < -0.4 is 0 Å². The maximum atomic E-state index is 11.3. The number of carbonyl (C=O) groups excluding carboxylic acids is 1. The molecule has 15 heavy (non-hydrogen) atoms. The third-order valence-electron chi connectivity index (χ3n) is 3.96. The molecule has 0 radical (unpaired) electrons. The molecule has 0 unspecified atom stereocenters. The number of hydrogen-bond acceptors (Lipinski definition) is 3. The summed E-state index contributed by atoms with van der Waals surface area (Å²) in [5.41, 5.74) is 1.45. The van der Waals surface area contributed by atoms with E-state index in [2.05, 4.69) is 13.8 Å². The number of esters is 1. The Balaban J connectivity index is 2.10. The molecule has 1 aliphatic heterocycles. The molecule has 0 bridgehead atoms. The second-order valence-electron chi connectivity index (χ2n) is 4.69. The van der Waals surface area contributed by atoms with E-state index >= 15 is 0 Å². The Morgan fingerprint density at radius 2 is 2.47 bits per heavy atom. The summed E-state index contributed by atoms with van der Waals surface area (Å²) in [7, 11) is 0. The summed E-state index contributed by atoms with van der Waals surface area (Å²) in [5, 5.41) is 0. The summed E-state index contributed by atoms with van der Waals surface area (Å²) in [6.45, 7) is 8.23. The van der Waals surface area contributed by atoms with Gasteiger partial charge in [-0.3, -0.25) is 0 Å². The Labute approximate surface area is 90.4 Å². The van der Waals surface area contributed by atoms with Crippen molar-refractivity contribution < 1.29 is 14.3 Å². The zero-order chi connectivity index (χ0) is 11.1. The molecule has 84 valence electrons. The summed E-state index contributed by atoms with van der Waals surface area (Å²) < 4.78 is 10.4. The molecule has 2 aliphatic rings. The molecular formula is C12H18O3. The molecule has 1 aliphatic carbocycles. The quantitative estimate of drug-likeness (QED) is 0.515. The topological polar surface area (TPSA) is 35.5 Å². The Morgan fingerprint density at radius 3 is 3.13 bits per heavy atom. The zero-order valence-corrected chi connectivity index (χ0v) is 9.58. The molecule has 1 saturated carbocycles. The summed E-state index contributed by atoms with van der Waals surface area (Å²) in [6.07, 6.45) is 1.66. The van der Waals surface area contributed by atoms with Crippen molar-refractivity contribution in [1.82, 2.24) is 0 Å². The number of ether oxygens (including phenoxy) is 2. The first kappa shape index (κ1) is 10.7. The average Bonchev–Trinajstić information content (AvgIpc) is 2.54. The molecule has 3 atom stereocenters. The van der Waals surface area contributed by atoms with E-state index in [1.165, 1.54) is 5.57 Å². The van der Waals surface area contributed by atoms with Crippen LogP contribution in [-0.4, -0.2) is 25.8 Å². The van der Waals surface area contributed by atoms with Gasteiger partial charge in [0.1, 0.15) is 0 Å². The molecule has 2 rings (SSSR count). The van der Waals surface area contributed by atoms with Gasteiger partial charge in [-0.05, 0) is 12.8 Å². The lowest BCUT2D eigenvalue weighted by atomic mass is 9.53. The van der Waals surface area contributed by atoms with Crippen LogP contribution >= 0.6 is 0 Å². The molecule has 0 amide bonds. The second-order valence-corrected chi connectivity index (χ2v) is 4.69. The first-order valence-electron chi connectivity index (χ1n) is 5.55. The molecule has 0 spiro atoms. The van der Waals surface area contributed by atoms with Crippen LogP contribution in [-0.2, 0) is 14.3 Å². The van der Waals surface area contributed by atoms with Crippen molar-refractivity contribution in [3.05, 3.63) is 11.6 Å². The lowest BCUT2D eigenvalue weighted by Gasteiger charge is -2.49. The number of rotatable bonds is 2. The van der Waals surface area contributed by atoms with Gasteiger partial charge in [0.05, 0.1) is 19.8 Å². The van der Waals surface area contributed by atoms with Gasteiger partial charge in [0.2, 0.25) is 0 Å². The molecule has 3 nitrogen and oxygen atoms in total. The standard InChI is InChI=1S/C12H18O3/c1-4-15-11(13)5-9-8(2)12(3)7-14-6-10(9)12/h5,8,10H,4,6-7H2,1-3H3/b9-5-/t8-,10-,12+/m0/s1. The maximum Gasteiger partial charge on any atom is 0.330 e. The first-order valence-corrected chi connectivity index (χ1v) is 5.55. The zero-order valence-electron chi connectivity index (χ0n) is 9.58. The third kappa shape index (κ3) is 1.49. The molecule has 0 aromatic rings. The Hall–Kier alpha value is -0.830. The van der Waals surface area contributed by atoms with Crippen LogP contribution in [0.15, 0.2) is 11.6 Å². The predicted molar refractivity (Wildman–Crippen MR) is 56.3 cm³/mol. The summed E-state index contributed by atoms with van der Waals surface area (Å²) in [6, 6.07) is 0. The number of fused-ring (bicyclic) bond motifs is 1. The van der Waals surface area contributed by atoms with Crippen LogP contribution in [0.25, 0.3) is 0 Å². The molecule has 1 saturated heterocycles. The van der Waals surface area contributed by atoms with E-state index in [0.29, 0.717) is 18.4 Å². The van der Waals surface area contributed by atoms with E-state index in [1.807, 2.05) is 6.92 Å². The Kier molecular flexibility index (Phi) is 2.59. The highest BCUT2D eigenvalue weighted by Gasteiger charge is 2.56. The van der Waals surface area contributed by atoms with Crippen molar-refractivity contribution in [2.24, 2.45) is 17.3 Å². The maximum absolute atomic E-state index is 11.3. The van der Waals surface area contributed by atoms with Crippen LogP contribution in [0.5, 0.6) is 0 Å². The highest BCUT2D eigenvalue weighted by Crippen LogP contribution is 2.58. The van der Waals surface area contributed by atoms with Crippen LogP contribution in [0, 0.1) is 17.3 Å². The second kappa shape index (κ2) is 3.63. The minimum absolute atomic E-state index is 0.215. The van der Waals surface area contributed by atoms with Gasteiger partial charge in [0.15, 0.2) is 0 Å². The van der Waals surface area contributed by atoms with E-state index in [0.717, 1.165) is 13.2 Å². The summed E-state index contributed by atoms with van der Waals surface area (Å²) in [4.78, 5) is 11.3. The normalized spacial score (nSPS) is 41.1. The van der Waals surface area contributed by atoms with Gasteiger partial charge in [0, 0.05) is 17.4 Å². The molecule has 3 heteroatoms. The van der Waals surface area contributed by atoms with Crippen molar-refractivity contribution in [3.63, 3.8) is 0 Å². The van der Waals surface area contributed by atoms with Crippen molar-refractivity contribution >= 4 is 5.97 Å². The van der Waals surface area contributed by atoms with Gasteiger partial charge in [-0.1, -0.05) is 19.4 Å². The number of carbonyl (C=O) groups is 1. The lowest BCUT2D eigenvalue weighted by Crippen LogP contribution is -2.47. The van der Waals surface area contributed by atoms with E-state index in [4.69, 9.17) is 9.47 Å². The molecule has 0 N–H and O–H groups in total. The first-order chi connectivity index (χ1) is 7.09. The summed E-state index contributed by atoms with van der Waals surface area (Å²) >= 11 is 0. The van der Waals surface area contributed by atoms with E-state index in [9.17, 15) is 4.79 Å². The fourth-order valence-electron chi connectivity index (χ4n) is 2.72. The Bertz CT molecular complexity index is 308. The van der Waals surface area contributed by atoms with Crippen LogP contribution in [0.4, 0.5) is 0 Å². The molecule has 0 aromatic heterocycles. The van der Waals surface area contributed by atoms with Gasteiger partial charge >= 0.3 is 5.97 Å². The fourth-order valence-corrected chi connectivity index (χ4v) is 2.72. The lowest BCUT2D eigenvalue weighted by molar-refractivity contribution is -0.137. The van der Waals surface area contributed by atoms with Gasteiger partial charge in [-0.25, -0.2) is 4.79 Å². The van der Waals surface area contributed by atoms with Crippen molar-refractivity contribution in [2.45, 2.75) is 20.8 Å². The minimum atomic E-state index is -0.215. The predicted octanol–water partition coefficient (Wildman–Crippen LogP) is 1.78. The van der Waals surface area contributed by atoms with Crippen LogP contribution in [0.3, 0.4) is 0 Å². The fraction of sp³-hybridized carbons (Fsp3) is 0.750. The largest absolute Gasteiger partial charge is 0.463 e. The summed E-state index contributed by atoms with van der Waals surface area (Å²) in [5.74, 6) is 0.652. The van der Waals surface area contributed by atoms with Gasteiger partial charge in [-0.2, -0.15) is 0 Å². The number of hydrogen-bond donors (Lipinski definition) is 0. The highest BCUT2D eigenvalue weighted by atomic mass is 16.5. The third-order valence-corrected chi connectivity index (χ3v) is 3.96. The van der Waals surface area contributed by atoms with Crippen molar-refractivity contribution in [1.29, 1.82) is 0 Å². The van der Waals surface area contributed by atoms with Crippen molar-refractivity contribution in [3.8, 4) is 0 Å². The van der Waals surface area contributed by atoms with Gasteiger partial charge < -0.3 is 9.47 Å². The smallest absolute Gasteiger partial charge is 0.330 e. The van der Waals surface area contributed by atoms with Crippen molar-refractivity contribution in [2.75, 3.05) is 19.8 Å². The minimum Gasteiger partial charge on any atom is -0.463 e. The molecule has 0 aromatic carbocycles. The van der Waals surface area contributed by atoms with E-state index in [-0.39, 0.29) is 11.4 Å². The SMILES string of the molecule is CCOC(=O)/C=C1/[C@H](C)[C@@]2(C)COC[C@@H]12. The molecular weight excluding hydrogens is 192 g/mol. The monoisotopic (exact) mass is 210 g/mol. The Morgan fingerprint density at radius 1 is 1.73 bits per heavy atom. The van der Waals surface area contributed by atoms with Gasteiger partial charge in [-0.15, -0.1) is 0 Å². The average molecular weight is 210 g/mol. The van der Waals surface area contributed by atoms with E-state index in [1.54, 1.807) is 6.08 Å². The highest BCUT2D eigenvalue weighted by molar-refractivity contribution is 5.83. The van der Waals surface area contributed by atoms with E-state index < -0.39 is 0 Å². The molecule has 2 fully saturated rings. The molecule has 1 heterocycles. The van der Waals surface area contributed by atoms with Crippen LogP contribution in [0.1, 0.15) is 20.8 Å². The van der Waals surface area contributed by atoms with Gasteiger partial charge in [0.25, 0.3) is 0 Å². The van der Waals surface area contributed by atoms with Crippen LogP contribution in [0.2, 0.25) is 0 Å².